The van der Waals surface area contributed by atoms with E-state index in [0.29, 0.717) is 13.2 Å². The van der Waals surface area contributed by atoms with Crippen LogP contribution in [0.5, 0.6) is 5.75 Å². The van der Waals surface area contributed by atoms with Gasteiger partial charge in [-0.15, -0.1) is 0 Å². The molecule has 0 aliphatic carbocycles. The van der Waals surface area contributed by atoms with Crippen molar-refractivity contribution < 1.29 is 22.3 Å². The van der Waals surface area contributed by atoms with Crippen LogP contribution in [0.2, 0.25) is 0 Å². The first kappa shape index (κ1) is 14.2. The zero-order valence-electron chi connectivity index (χ0n) is 9.15. The lowest BCUT2D eigenvalue weighted by Gasteiger charge is -2.09. The fraction of sp³-hybridized carbons (Fsp3) is 0.400. The molecule has 1 rings (SSSR count). The molecule has 96 valence electrons. The molecule has 0 saturated carbocycles. The molecule has 0 aliphatic heterocycles. The van der Waals surface area contributed by atoms with E-state index in [9.17, 15) is 12.8 Å². The molecule has 0 radical (unpaired) electrons. The molecular formula is C10H12ClFO4S. The molecule has 0 fully saturated rings. The van der Waals surface area contributed by atoms with Gasteiger partial charge in [-0.25, -0.2) is 12.8 Å². The monoisotopic (exact) mass is 282 g/mol. The predicted octanol–water partition coefficient (Wildman–Crippen LogP) is 2.17. The lowest BCUT2D eigenvalue weighted by molar-refractivity contribution is 0.109. The smallest absolute Gasteiger partial charge is 0.265 e. The molecule has 0 atom stereocenters. The van der Waals surface area contributed by atoms with Gasteiger partial charge in [-0.3, -0.25) is 0 Å². The third-order valence-corrected chi connectivity index (χ3v) is 3.20. The first-order valence-electron chi connectivity index (χ1n) is 4.90. The third kappa shape index (κ3) is 4.49. The van der Waals surface area contributed by atoms with E-state index < -0.39 is 14.9 Å². The Kier molecular flexibility index (Phi) is 5.17. The van der Waals surface area contributed by atoms with Crippen LogP contribution in [0.3, 0.4) is 0 Å². The number of ether oxygens (including phenoxy) is 2. The summed E-state index contributed by atoms with van der Waals surface area (Å²) in [7, 11) is 1.14. The molecule has 17 heavy (non-hydrogen) atoms. The number of hydrogen-bond donors (Lipinski definition) is 0. The second kappa shape index (κ2) is 6.18. The first-order valence-corrected chi connectivity index (χ1v) is 7.21. The highest BCUT2D eigenvalue weighted by Crippen LogP contribution is 2.27. The highest BCUT2D eigenvalue weighted by molar-refractivity contribution is 8.13. The summed E-state index contributed by atoms with van der Waals surface area (Å²) < 4.78 is 45.5. The topological polar surface area (TPSA) is 52.6 Å². The highest BCUT2D eigenvalue weighted by atomic mass is 35.7. The maximum atomic E-state index is 12.9. The van der Waals surface area contributed by atoms with Gasteiger partial charge in [0.15, 0.2) is 0 Å². The minimum atomic E-state index is -4.03. The van der Waals surface area contributed by atoms with Gasteiger partial charge in [0.1, 0.15) is 23.1 Å². The van der Waals surface area contributed by atoms with Crippen molar-refractivity contribution in [1.82, 2.24) is 0 Å². The molecule has 0 spiro atoms. The van der Waals surface area contributed by atoms with Crippen LogP contribution in [0.15, 0.2) is 23.1 Å². The Bertz CT molecular complexity index is 475. The molecule has 1 aromatic rings. The van der Waals surface area contributed by atoms with E-state index in [4.69, 9.17) is 20.2 Å². The summed E-state index contributed by atoms with van der Waals surface area (Å²) in [5, 5.41) is 0. The van der Waals surface area contributed by atoms with Crippen molar-refractivity contribution in [3.8, 4) is 5.75 Å². The normalized spacial score (nSPS) is 11.5. The maximum Gasteiger partial charge on any atom is 0.265 e. The third-order valence-electron chi connectivity index (χ3n) is 1.86. The lowest BCUT2D eigenvalue weighted by atomic mass is 10.3. The van der Waals surface area contributed by atoms with Crippen molar-refractivity contribution in [2.24, 2.45) is 0 Å². The van der Waals surface area contributed by atoms with Crippen molar-refractivity contribution >= 4 is 19.7 Å². The van der Waals surface area contributed by atoms with E-state index in [2.05, 4.69) is 0 Å². The average molecular weight is 283 g/mol. The van der Waals surface area contributed by atoms with Crippen molar-refractivity contribution in [3.05, 3.63) is 24.0 Å². The fourth-order valence-corrected chi connectivity index (χ4v) is 2.13. The molecule has 4 nitrogen and oxygen atoms in total. The van der Waals surface area contributed by atoms with E-state index in [1.165, 1.54) is 6.07 Å². The number of halogens is 2. The van der Waals surface area contributed by atoms with E-state index in [0.717, 1.165) is 12.1 Å². The van der Waals surface area contributed by atoms with Crippen molar-refractivity contribution in [3.63, 3.8) is 0 Å². The van der Waals surface area contributed by atoms with Crippen LogP contribution in [0, 0.1) is 5.82 Å². The van der Waals surface area contributed by atoms with Crippen LogP contribution < -0.4 is 4.74 Å². The summed E-state index contributed by atoms with van der Waals surface area (Å²) >= 11 is 0. The average Bonchev–Trinajstić information content (AvgIpc) is 2.25. The molecule has 0 aliphatic rings. The Morgan fingerprint density at radius 2 is 2.06 bits per heavy atom. The molecule has 7 heteroatoms. The standard InChI is InChI=1S/C10H12ClFO4S/c1-2-15-5-6-16-9-4-3-8(12)7-10(9)17(11,13)14/h3-4,7H,2,5-6H2,1H3. The molecule has 0 aromatic heterocycles. The Labute approximate surface area is 104 Å². The minimum Gasteiger partial charge on any atom is -0.490 e. The van der Waals surface area contributed by atoms with E-state index in [-0.39, 0.29) is 17.3 Å². The minimum absolute atomic E-state index is 0.0149. The summed E-state index contributed by atoms with van der Waals surface area (Å²) in [6.07, 6.45) is 0. The largest absolute Gasteiger partial charge is 0.490 e. The van der Waals surface area contributed by atoms with Crippen molar-refractivity contribution in [1.29, 1.82) is 0 Å². The number of hydrogen-bond acceptors (Lipinski definition) is 4. The Morgan fingerprint density at radius 1 is 1.35 bits per heavy atom. The van der Waals surface area contributed by atoms with Crippen LogP contribution in [-0.4, -0.2) is 28.2 Å². The molecule has 1 aromatic carbocycles. The number of rotatable bonds is 6. The molecule has 0 unspecified atom stereocenters. The van der Waals surface area contributed by atoms with Gasteiger partial charge >= 0.3 is 0 Å². The second-order valence-electron chi connectivity index (χ2n) is 3.07. The molecular weight excluding hydrogens is 271 g/mol. The van der Waals surface area contributed by atoms with Gasteiger partial charge in [0.2, 0.25) is 0 Å². The van der Waals surface area contributed by atoms with Gasteiger partial charge in [-0.2, -0.15) is 0 Å². The maximum absolute atomic E-state index is 12.9. The van der Waals surface area contributed by atoms with Gasteiger partial charge in [-0.05, 0) is 25.1 Å². The molecule has 0 bridgehead atoms. The van der Waals surface area contributed by atoms with Crippen LogP contribution >= 0.6 is 10.7 Å². The lowest BCUT2D eigenvalue weighted by Crippen LogP contribution is -2.08. The quantitative estimate of drug-likeness (QED) is 0.593. The van der Waals surface area contributed by atoms with Gasteiger partial charge < -0.3 is 9.47 Å². The predicted molar refractivity (Wildman–Crippen MR) is 61.4 cm³/mol. The summed E-state index contributed by atoms with van der Waals surface area (Å²) in [5.41, 5.74) is 0. The van der Waals surface area contributed by atoms with E-state index in [1.807, 2.05) is 6.92 Å². The first-order chi connectivity index (χ1) is 7.95. The highest BCUT2D eigenvalue weighted by Gasteiger charge is 2.17. The summed E-state index contributed by atoms with van der Waals surface area (Å²) in [4.78, 5) is -0.379. The Hall–Kier alpha value is -0.850. The Balaban J connectivity index is 2.84. The van der Waals surface area contributed by atoms with Crippen molar-refractivity contribution in [2.45, 2.75) is 11.8 Å². The second-order valence-corrected chi connectivity index (χ2v) is 5.61. The van der Waals surface area contributed by atoms with Gasteiger partial charge in [-0.1, -0.05) is 0 Å². The summed E-state index contributed by atoms with van der Waals surface area (Å²) in [5.74, 6) is -0.678. The van der Waals surface area contributed by atoms with E-state index >= 15 is 0 Å². The molecule has 0 amide bonds. The summed E-state index contributed by atoms with van der Waals surface area (Å²) in [6.45, 7) is 2.84. The van der Waals surface area contributed by atoms with Crippen LogP contribution in [-0.2, 0) is 13.8 Å². The van der Waals surface area contributed by atoms with Crippen LogP contribution in [0.1, 0.15) is 6.92 Å². The van der Waals surface area contributed by atoms with Crippen LogP contribution in [0.4, 0.5) is 4.39 Å². The molecule has 0 N–H and O–H groups in total. The summed E-state index contributed by atoms with van der Waals surface area (Å²) in [6, 6.07) is 3.14. The van der Waals surface area contributed by atoms with Crippen molar-refractivity contribution in [2.75, 3.05) is 19.8 Å². The molecule has 0 heterocycles. The van der Waals surface area contributed by atoms with Gasteiger partial charge in [0, 0.05) is 17.3 Å². The van der Waals surface area contributed by atoms with Gasteiger partial charge in [0.25, 0.3) is 9.05 Å². The fourth-order valence-electron chi connectivity index (χ4n) is 1.15. The Morgan fingerprint density at radius 3 is 2.65 bits per heavy atom. The van der Waals surface area contributed by atoms with Gasteiger partial charge in [0.05, 0.1) is 6.61 Å². The van der Waals surface area contributed by atoms with Crippen LogP contribution in [0.25, 0.3) is 0 Å². The zero-order valence-corrected chi connectivity index (χ0v) is 10.7. The zero-order chi connectivity index (χ0) is 12.9. The van der Waals surface area contributed by atoms with E-state index in [1.54, 1.807) is 0 Å². The molecule has 0 saturated heterocycles. The SMILES string of the molecule is CCOCCOc1ccc(F)cc1S(=O)(=O)Cl. The number of benzene rings is 1.